The van der Waals surface area contributed by atoms with E-state index in [-0.39, 0.29) is 0 Å². The lowest BCUT2D eigenvalue weighted by Gasteiger charge is -2.08. The highest BCUT2D eigenvalue weighted by Crippen LogP contribution is 2.23. The fraction of sp³-hybridized carbons (Fsp3) is 0.333. The number of rotatable bonds is 4. The molecule has 1 aromatic heterocycles. The predicted molar refractivity (Wildman–Crippen MR) is 78.3 cm³/mol. The van der Waals surface area contributed by atoms with Crippen molar-refractivity contribution in [2.75, 3.05) is 6.26 Å². The topological polar surface area (TPSA) is 42.9 Å². The molecular formula is C15H18N2OS. The average molecular weight is 274 g/mol. The second-order valence-electron chi connectivity index (χ2n) is 4.98. The first-order valence-corrected chi connectivity index (χ1v) is 7.86. The maximum atomic E-state index is 11.7. The van der Waals surface area contributed by atoms with Crippen LogP contribution in [0.15, 0.2) is 41.7 Å². The number of benzene rings is 1. The SMILES string of the molecule is CC(C)Cc1ccc(-c2ncncc2S(C)=O)cc1. The van der Waals surface area contributed by atoms with Gasteiger partial charge in [-0.2, -0.15) is 0 Å². The molecule has 1 unspecified atom stereocenters. The monoisotopic (exact) mass is 274 g/mol. The van der Waals surface area contributed by atoms with Crippen LogP contribution in [0.3, 0.4) is 0 Å². The van der Waals surface area contributed by atoms with Crippen LogP contribution in [-0.4, -0.2) is 20.4 Å². The van der Waals surface area contributed by atoms with E-state index in [4.69, 9.17) is 0 Å². The van der Waals surface area contributed by atoms with E-state index in [2.05, 4.69) is 35.9 Å². The van der Waals surface area contributed by atoms with Crippen molar-refractivity contribution >= 4 is 10.8 Å². The second kappa shape index (κ2) is 6.06. The molecule has 100 valence electrons. The van der Waals surface area contributed by atoms with Crippen molar-refractivity contribution in [3.05, 3.63) is 42.4 Å². The van der Waals surface area contributed by atoms with Gasteiger partial charge in [0, 0.05) is 18.0 Å². The molecule has 1 heterocycles. The lowest BCUT2D eigenvalue weighted by atomic mass is 10.0. The fourth-order valence-corrected chi connectivity index (χ4v) is 2.67. The molecule has 19 heavy (non-hydrogen) atoms. The summed E-state index contributed by atoms with van der Waals surface area (Å²) in [5.41, 5.74) is 3.05. The number of aromatic nitrogens is 2. The lowest BCUT2D eigenvalue weighted by Crippen LogP contribution is -1.97. The van der Waals surface area contributed by atoms with Gasteiger partial charge in [-0.15, -0.1) is 0 Å². The Balaban J connectivity index is 2.35. The molecule has 0 aliphatic heterocycles. The summed E-state index contributed by atoms with van der Waals surface area (Å²) < 4.78 is 11.7. The Bertz CT molecular complexity index is 579. The van der Waals surface area contributed by atoms with Crippen molar-refractivity contribution in [2.45, 2.75) is 25.2 Å². The standard InChI is InChI=1S/C15H18N2OS/c1-11(2)8-12-4-6-13(7-5-12)15-14(19(3)18)9-16-10-17-15/h4-7,9-11H,8H2,1-3H3. The van der Waals surface area contributed by atoms with Gasteiger partial charge in [-0.25, -0.2) is 9.97 Å². The van der Waals surface area contributed by atoms with Crippen LogP contribution in [0.5, 0.6) is 0 Å². The molecule has 0 fully saturated rings. The summed E-state index contributed by atoms with van der Waals surface area (Å²) in [5, 5.41) is 0. The molecule has 2 rings (SSSR count). The molecule has 0 radical (unpaired) electrons. The smallest absolute Gasteiger partial charge is 0.116 e. The average Bonchev–Trinajstić information content (AvgIpc) is 2.39. The summed E-state index contributed by atoms with van der Waals surface area (Å²) in [5.74, 6) is 0.642. The van der Waals surface area contributed by atoms with Crippen molar-refractivity contribution in [1.82, 2.24) is 9.97 Å². The Morgan fingerprint density at radius 3 is 2.47 bits per heavy atom. The first-order valence-electron chi connectivity index (χ1n) is 6.30. The van der Waals surface area contributed by atoms with E-state index in [1.165, 1.54) is 11.9 Å². The maximum absolute atomic E-state index is 11.7. The molecule has 0 saturated carbocycles. The third kappa shape index (κ3) is 3.47. The van der Waals surface area contributed by atoms with Crippen LogP contribution in [0.4, 0.5) is 0 Å². The van der Waals surface area contributed by atoms with Crippen LogP contribution in [0, 0.1) is 5.92 Å². The van der Waals surface area contributed by atoms with Crippen molar-refractivity contribution < 1.29 is 4.21 Å². The third-order valence-electron chi connectivity index (χ3n) is 2.86. The zero-order valence-electron chi connectivity index (χ0n) is 11.5. The van der Waals surface area contributed by atoms with Crippen molar-refractivity contribution in [3.63, 3.8) is 0 Å². The maximum Gasteiger partial charge on any atom is 0.116 e. The Morgan fingerprint density at radius 2 is 1.89 bits per heavy atom. The summed E-state index contributed by atoms with van der Waals surface area (Å²) in [6.07, 6.45) is 5.83. The molecule has 0 spiro atoms. The second-order valence-corrected chi connectivity index (χ2v) is 6.33. The molecule has 0 aliphatic carbocycles. The molecule has 4 heteroatoms. The molecule has 0 saturated heterocycles. The van der Waals surface area contributed by atoms with Crippen LogP contribution >= 0.6 is 0 Å². The summed E-state index contributed by atoms with van der Waals surface area (Å²) in [4.78, 5) is 8.88. The van der Waals surface area contributed by atoms with Crippen molar-refractivity contribution in [1.29, 1.82) is 0 Å². The predicted octanol–water partition coefficient (Wildman–Crippen LogP) is 3.08. The van der Waals surface area contributed by atoms with Crippen LogP contribution in [0.25, 0.3) is 11.3 Å². The molecule has 1 atom stereocenters. The summed E-state index contributed by atoms with van der Waals surface area (Å²) in [6, 6.07) is 8.30. The third-order valence-corrected chi connectivity index (χ3v) is 3.78. The summed E-state index contributed by atoms with van der Waals surface area (Å²) in [7, 11) is -1.08. The molecule has 2 aromatic rings. The minimum Gasteiger partial charge on any atom is -0.255 e. The van der Waals surface area contributed by atoms with Gasteiger partial charge in [0.05, 0.1) is 21.4 Å². The van der Waals surface area contributed by atoms with Crippen LogP contribution in [-0.2, 0) is 17.2 Å². The molecule has 3 nitrogen and oxygen atoms in total. The highest BCUT2D eigenvalue weighted by Gasteiger charge is 2.10. The van der Waals surface area contributed by atoms with Gasteiger partial charge < -0.3 is 0 Å². The molecule has 0 bridgehead atoms. The van der Waals surface area contributed by atoms with E-state index in [9.17, 15) is 4.21 Å². The first kappa shape index (κ1) is 13.9. The van der Waals surface area contributed by atoms with Crippen LogP contribution < -0.4 is 0 Å². The molecular weight excluding hydrogens is 256 g/mol. The molecule has 0 aliphatic rings. The van der Waals surface area contributed by atoms with Gasteiger partial charge in [0.15, 0.2) is 0 Å². The lowest BCUT2D eigenvalue weighted by molar-refractivity contribution is 0.647. The van der Waals surface area contributed by atoms with Gasteiger partial charge in [0.1, 0.15) is 6.33 Å². The van der Waals surface area contributed by atoms with Crippen LogP contribution in [0.2, 0.25) is 0 Å². The number of hydrogen-bond donors (Lipinski definition) is 0. The van der Waals surface area contributed by atoms with Gasteiger partial charge in [0.2, 0.25) is 0 Å². The van der Waals surface area contributed by atoms with E-state index < -0.39 is 10.8 Å². The first-order chi connectivity index (χ1) is 9.08. The van der Waals surface area contributed by atoms with Gasteiger partial charge in [-0.05, 0) is 17.9 Å². The number of hydrogen-bond acceptors (Lipinski definition) is 3. The van der Waals surface area contributed by atoms with E-state index in [1.54, 1.807) is 12.5 Å². The quantitative estimate of drug-likeness (QED) is 0.860. The Kier molecular flexibility index (Phi) is 4.43. The van der Waals surface area contributed by atoms with Crippen LogP contribution in [0.1, 0.15) is 19.4 Å². The van der Waals surface area contributed by atoms with E-state index in [0.29, 0.717) is 10.8 Å². The zero-order valence-corrected chi connectivity index (χ0v) is 12.3. The fourth-order valence-electron chi connectivity index (χ4n) is 2.01. The zero-order chi connectivity index (χ0) is 13.8. The normalized spacial score (nSPS) is 12.6. The summed E-state index contributed by atoms with van der Waals surface area (Å²) in [6.45, 7) is 4.41. The largest absolute Gasteiger partial charge is 0.255 e. The van der Waals surface area contributed by atoms with E-state index in [1.807, 2.05) is 12.1 Å². The van der Waals surface area contributed by atoms with Crippen molar-refractivity contribution in [3.8, 4) is 11.3 Å². The van der Waals surface area contributed by atoms with Gasteiger partial charge in [-0.3, -0.25) is 4.21 Å². The van der Waals surface area contributed by atoms with Gasteiger partial charge in [-0.1, -0.05) is 38.1 Å². The Morgan fingerprint density at radius 1 is 1.21 bits per heavy atom. The van der Waals surface area contributed by atoms with E-state index >= 15 is 0 Å². The highest BCUT2D eigenvalue weighted by molar-refractivity contribution is 7.84. The minimum atomic E-state index is -1.08. The Labute approximate surface area is 116 Å². The number of nitrogens with zero attached hydrogens (tertiary/aromatic N) is 2. The highest BCUT2D eigenvalue weighted by atomic mass is 32.2. The Hall–Kier alpha value is -1.55. The van der Waals surface area contributed by atoms with E-state index in [0.717, 1.165) is 17.7 Å². The molecule has 1 aromatic carbocycles. The molecule has 0 N–H and O–H groups in total. The van der Waals surface area contributed by atoms with Gasteiger partial charge >= 0.3 is 0 Å². The molecule has 0 amide bonds. The van der Waals surface area contributed by atoms with Crippen molar-refractivity contribution in [2.24, 2.45) is 5.92 Å². The van der Waals surface area contributed by atoms with Gasteiger partial charge in [0.25, 0.3) is 0 Å². The summed E-state index contributed by atoms with van der Waals surface area (Å²) >= 11 is 0. The minimum absolute atomic E-state index is 0.642.